The smallest absolute Gasteiger partial charge is 0.185 e. The molecule has 0 saturated carbocycles. The van der Waals surface area contributed by atoms with E-state index in [1.54, 1.807) is 0 Å². The highest BCUT2D eigenvalue weighted by Crippen LogP contribution is 2.15. The van der Waals surface area contributed by atoms with Crippen LogP contribution in [0.5, 0.6) is 0 Å². The van der Waals surface area contributed by atoms with Crippen molar-refractivity contribution < 1.29 is 4.74 Å². The highest BCUT2D eigenvalue weighted by Gasteiger charge is 2.21. The largest absolute Gasteiger partial charge is 0.479 e. The van der Waals surface area contributed by atoms with E-state index < -0.39 is 0 Å². The molecule has 2 heterocycles. The summed E-state index contributed by atoms with van der Waals surface area (Å²) in [7, 11) is 0. The zero-order valence-electron chi connectivity index (χ0n) is 8.96. The molecule has 80 valence electrons. The molecule has 2 unspecified atom stereocenters. The average molecular weight is 196 g/mol. The van der Waals surface area contributed by atoms with E-state index in [4.69, 9.17) is 4.74 Å². The van der Waals surface area contributed by atoms with Crippen LogP contribution < -0.4 is 5.32 Å². The van der Waals surface area contributed by atoms with Crippen LogP contribution in [0.1, 0.15) is 39.0 Å². The van der Waals surface area contributed by atoms with Gasteiger partial charge in [0.15, 0.2) is 5.90 Å². The van der Waals surface area contributed by atoms with Crippen LogP contribution >= 0.6 is 0 Å². The number of rotatable bonds is 3. The van der Waals surface area contributed by atoms with Crippen LogP contribution in [0.25, 0.3) is 0 Å². The summed E-state index contributed by atoms with van der Waals surface area (Å²) >= 11 is 0. The van der Waals surface area contributed by atoms with Gasteiger partial charge in [-0.1, -0.05) is 13.3 Å². The topological polar surface area (TPSA) is 33.6 Å². The Morgan fingerprint density at radius 1 is 1.50 bits per heavy atom. The van der Waals surface area contributed by atoms with Gasteiger partial charge in [-0.05, 0) is 25.8 Å². The Labute approximate surface area is 85.9 Å². The molecule has 0 aliphatic carbocycles. The van der Waals surface area contributed by atoms with Gasteiger partial charge in [0, 0.05) is 12.5 Å². The number of hydrogen-bond donors (Lipinski definition) is 1. The number of nitrogens with zero attached hydrogens (tertiary/aromatic N) is 1. The molecule has 14 heavy (non-hydrogen) atoms. The van der Waals surface area contributed by atoms with Gasteiger partial charge < -0.3 is 10.1 Å². The second-order valence-corrected chi connectivity index (χ2v) is 4.25. The summed E-state index contributed by atoms with van der Waals surface area (Å²) in [5.41, 5.74) is 0. The summed E-state index contributed by atoms with van der Waals surface area (Å²) in [6.07, 6.45) is 6.04. The Bertz CT molecular complexity index is 209. The molecule has 1 saturated heterocycles. The van der Waals surface area contributed by atoms with E-state index in [0.29, 0.717) is 12.1 Å². The van der Waals surface area contributed by atoms with E-state index in [2.05, 4.69) is 17.2 Å². The first-order chi connectivity index (χ1) is 6.88. The third kappa shape index (κ3) is 2.47. The molecular formula is C11H20N2O. The van der Waals surface area contributed by atoms with Crippen LogP contribution in [0, 0.1) is 0 Å². The number of nitrogens with one attached hydrogen (secondary N) is 1. The molecule has 0 spiro atoms. The predicted octanol–water partition coefficient (Wildman–Crippen LogP) is 1.73. The van der Waals surface area contributed by atoms with Crippen molar-refractivity contribution in [3.05, 3.63) is 0 Å². The molecule has 2 aliphatic rings. The molecule has 3 nitrogen and oxygen atoms in total. The molecule has 0 aromatic heterocycles. The zero-order valence-corrected chi connectivity index (χ0v) is 8.96. The van der Waals surface area contributed by atoms with E-state index in [0.717, 1.165) is 31.9 Å². The third-order valence-electron chi connectivity index (χ3n) is 3.07. The minimum Gasteiger partial charge on any atom is -0.479 e. The fourth-order valence-electron chi connectivity index (χ4n) is 2.10. The molecule has 1 N–H and O–H groups in total. The summed E-state index contributed by atoms with van der Waals surface area (Å²) in [5, 5.41) is 3.52. The van der Waals surface area contributed by atoms with Gasteiger partial charge in [0.05, 0.1) is 6.04 Å². The maximum Gasteiger partial charge on any atom is 0.185 e. The van der Waals surface area contributed by atoms with E-state index in [9.17, 15) is 0 Å². The molecular weight excluding hydrogens is 176 g/mol. The van der Waals surface area contributed by atoms with Crippen molar-refractivity contribution in [2.24, 2.45) is 4.99 Å². The van der Waals surface area contributed by atoms with Gasteiger partial charge in [0.25, 0.3) is 0 Å². The number of hydrogen-bond acceptors (Lipinski definition) is 3. The molecule has 0 aromatic rings. The lowest BCUT2D eigenvalue weighted by Gasteiger charge is -2.22. The first-order valence-electron chi connectivity index (χ1n) is 5.81. The Hall–Kier alpha value is -0.570. The summed E-state index contributed by atoms with van der Waals surface area (Å²) < 4.78 is 5.57. The number of piperidine rings is 1. The van der Waals surface area contributed by atoms with E-state index >= 15 is 0 Å². The first-order valence-corrected chi connectivity index (χ1v) is 5.81. The third-order valence-corrected chi connectivity index (χ3v) is 3.07. The van der Waals surface area contributed by atoms with E-state index in [1.807, 2.05) is 0 Å². The molecule has 0 aromatic carbocycles. The molecule has 0 amide bonds. The normalized spacial score (nSPS) is 32.5. The van der Waals surface area contributed by atoms with Crippen molar-refractivity contribution in [1.82, 2.24) is 5.32 Å². The van der Waals surface area contributed by atoms with Crippen molar-refractivity contribution in [3.8, 4) is 0 Å². The van der Waals surface area contributed by atoms with Crippen LogP contribution in [-0.2, 0) is 4.74 Å². The quantitative estimate of drug-likeness (QED) is 0.745. The van der Waals surface area contributed by atoms with Crippen LogP contribution in [-0.4, -0.2) is 31.1 Å². The van der Waals surface area contributed by atoms with Gasteiger partial charge in [0.2, 0.25) is 0 Å². The lowest BCUT2D eigenvalue weighted by atomic mass is 10.0. The highest BCUT2D eigenvalue weighted by molar-refractivity contribution is 5.78. The van der Waals surface area contributed by atoms with Gasteiger partial charge in [-0.25, -0.2) is 4.99 Å². The highest BCUT2D eigenvalue weighted by atomic mass is 16.5. The number of aliphatic imine (C=N–C) groups is 1. The first kappa shape index (κ1) is 9.97. The maximum atomic E-state index is 5.57. The molecule has 0 bridgehead atoms. The predicted molar refractivity (Wildman–Crippen MR) is 57.7 cm³/mol. The van der Waals surface area contributed by atoms with Crippen molar-refractivity contribution in [2.75, 3.05) is 13.2 Å². The molecule has 2 atom stereocenters. The van der Waals surface area contributed by atoms with Crippen molar-refractivity contribution in [1.29, 1.82) is 0 Å². The van der Waals surface area contributed by atoms with Crippen LogP contribution in [0.2, 0.25) is 0 Å². The van der Waals surface area contributed by atoms with E-state index in [1.165, 1.54) is 19.3 Å². The SMILES string of the molecule is CCC1COC(CC2CCCCN2)=N1. The van der Waals surface area contributed by atoms with Gasteiger partial charge in [-0.3, -0.25) is 0 Å². The summed E-state index contributed by atoms with van der Waals surface area (Å²) in [6, 6.07) is 1.03. The molecule has 3 heteroatoms. The second kappa shape index (κ2) is 4.78. The lowest BCUT2D eigenvalue weighted by Crippen LogP contribution is -2.35. The standard InChI is InChI=1S/C11H20N2O/c1-2-9-8-14-11(13-9)7-10-5-3-4-6-12-10/h9-10,12H,2-8H2,1H3. The molecule has 2 aliphatic heterocycles. The summed E-state index contributed by atoms with van der Waals surface area (Å²) in [6.45, 7) is 4.13. The van der Waals surface area contributed by atoms with Gasteiger partial charge in [0.1, 0.15) is 6.61 Å². The van der Waals surface area contributed by atoms with Crippen molar-refractivity contribution in [2.45, 2.75) is 51.1 Å². The Balaban J connectivity index is 1.79. The zero-order chi connectivity index (χ0) is 9.80. The fraction of sp³-hybridized carbons (Fsp3) is 0.909. The van der Waals surface area contributed by atoms with Crippen molar-refractivity contribution in [3.63, 3.8) is 0 Å². The summed E-state index contributed by atoms with van der Waals surface area (Å²) in [5.74, 6) is 0.983. The lowest BCUT2D eigenvalue weighted by molar-refractivity contribution is 0.297. The average Bonchev–Trinajstić information content (AvgIpc) is 2.67. The maximum absolute atomic E-state index is 5.57. The number of ether oxygens (including phenoxy) is 1. The molecule has 2 rings (SSSR count). The Morgan fingerprint density at radius 3 is 3.07 bits per heavy atom. The van der Waals surface area contributed by atoms with Gasteiger partial charge in [-0.15, -0.1) is 0 Å². The minimum atomic E-state index is 0.425. The van der Waals surface area contributed by atoms with Gasteiger partial charge >= 0.3 is 0 Å². The van der Waals surface area contributed by atoms with Crippen LogP contribution in [0.4, 0.5) is 0 Å². The van der Waals surface area contributed by atoms with Gasteiger partial charge in [-0.2, -0.15) is 0 Å². The Kier molecular flexibility index (Phi) is 3.40. The van der Waals surface area contributed by atoms with Crippen LogP contribution in [0.3, 0.4) is 0 Å². The van der Waals surface area contributed by atoms with Crippen LogP contribution in [0.15, 0.2) is 4.99 Å². The fourth-order valence-corrected chi connectivity index (χ4v) is 2.10. The molecule has 1 fully saturated rings. The van der Waals surface area contributed by atoms with E-state index in [-0.39, 0.29) is 0 Å². The monoisotopic (exact) mass is 196 g/mol. The van der Waals surface area contributed by atoms with Crippen molar-refractivity contribution >= 4 is 5.90 Å². The minimum absolute atomic E-state index is 0.425. The molecule has 0 radical (unpaired) electrons. The Morgan fingerprint density at radius 2 is 2.43 bits per heavy atom. The second-order valence-electron chi connectivity index (χ2n) is 4.25. The summed E-state index contributed by atoms with van der Waals surface area (Å²) in [4.78, 5) is 4.56.